The van der Waals surface area contributed by atoms with Gasteiger partial charge in [-0.05, 0) is 132 Å². The lowest BCUT2D eigenvalue weighted by atomic mass is 9.75. The van der Waals surface area contributed by atoms with Crippen LogP contribution in [-0.2, 0) is 10.8 Å². The lowest BCUT2D eigenvalue weighted by Gasteiger charge is -2.31. The Bertz CT molecular complexity index is 1950. The van der Waals surface area contributed by atoms with Gasteiger partial charge in [0.1, 0.15) is 0 Å². The maximum Gasteiger partial charge on any atom is 0.0462 e. The Hall–Kier alpha value is -5.08. The van der Waals surface area contributed by atoms with Crippen LogP contribution in [0.25, 0.3) is 11.1 Å². The summed E-state index contributed by atoms with van der Waals surface area (Å²) in [6.07, 6.45) is 7.06. The smallest absolute Gasteiger partial charge is 0.0462 e. The van der Waals surface area contributed by atoms with Crippen LogP contribution in [0.3, 0.4) is 0 Å². The topological polar surface area (TPSA) is 6.48 Å². The van der Waals surface area contributed by atoms with Crippen molar-refractivity contribution < 1.29 is 0 Å². The van der Waals surface area contributed by atoms with Crippen LogP contribution in [0.1, 0.15) is 91.2 Å². The molecule has 6 aromatic carbocycles. The fourth-order valence-electron chi connectivity index (χ4n) is 7.86. The Morgan fingerprint density at radius 3 is 0.942 bits per heavy atom. The van der Waals surface area contributed by atoms with Gasteiger partial charge in [-0.2, -0.15) is 0 Å². The highest BCUT2D eigenvalue weighted by atomic mass is 15.1. The van der Waals surface area contributed by atoms with Crippen molar-refractivity contribution in [1.82, 2.24) is 0 Å². The maximum atomic E-state index is 2.43. The van der Waals surface area contributed by atoms with E-state index >= 15 is 0 Å². The van der Waals surface area contributed by atoms with Crippen molar-refractivity contribution in [2.24, 2.45) is 0 Å². The summed E-state index contributed by atoms with van der Waals surface area (Å²) in [6, 6.07) is 57.9. The average Bonchev–Trinajstić information content (AvgIpc) is 3.20. The van der Waals surface area contributed by atoms with Gasteiger partial charge in [-0.3, -0.25) is 0 Å². The Morgan fingerprint density at radius 2 is 0.635 bits per heavy atom. The average molecular weight is 685 g/mol. The molecule has 0 unspecified atom stereocenters. The Labute approximate surface area is 313 Å². The fraction of sp³-hybridized carbons (Fsp3) is 0.280. The van der Waals surface area contributed by atoms with E-state index in [0.29, 0.717) is 0 Å². The van der Waals surface area contributed by atoms with Gasteiger partial charge in [0.15, 0.2) is 0 Å². The van der Waals surface area contributed by atoms with E-state index in [1.54, 1.807) is 0 Å². The molecule has 0 radical (unpaired) electrons. The molecule has 0 atom stereocenters. The van der Waals surface area contributed by atoms with Crippen molar-refractivity contribution in [2.75, 3.05) is 9.80 Å². The highest BCUT2D eigenvalue weighted by Crippen LogP contribution is 2.41. The maximum absolute atomic E-state index is 2.43. The molecular formula is C50H56N2. The lowest BCUT2D eigenvalue weighted by Crippen LogP contribution is -2.21. The minimum absolute atomic E-state index is 0.195. The summed E-state index contributed by atoms with van der Waals surface area (Å²) in [5.41, 5.74) is 12.6. The van der Waals surface area contributed by atoms with Gasteiger partial charge >= 0.3 is 0 Å². The van der Waals surface area contributed by atoms with E-state index in [4.69, 9.17) is 0 Å². The zero-order valence-corrected chi connectivity index (χ0v) is 32.1. The van der Waals surface area contributed by atoms with Crippen LogP contribution in [0.5, 0.6) is 0 Å². The first kappa shape index (κ1) is 36.7. The van der Waals surface area contributed by atoms with Crippen LogP contribution >= 0.6 is 0 Å². The Balaban J connectivity index is 1.28. The standard InChI is InChI=1S/C50H56N2/c1-7-37-50(6,38-8-2)42-27-35-48(36-28-42)52(44-19-15-12-16-20-44)46-31-23-40(24-32-46)39-21-29-45(30-22-39)51(43-17-13-11-14-18-43)47-33-25-41(26-34-47)49(5,9-3)10-4/h11-36H,7-10,37-38H2,1-6H3. The van der Waals surface area contributed by atoms with Crippen molar-refractivity contribution in [3.05, 3.63) is 169 Å². The van der Waals surface area contributed by atoms with Gasteiger partial charge in [0.25, 0.3) is 0 Å². The minimum Gasteiger partial charge on any atom is -0.311 e. The quantitative estimate of drug-likeness (QED) is 0.106. The molecule has 2 heteroatoms. The number of nitrogens with zero attached hydrogens (tertiary/aromatic N) is 2. The summed E-state index contributed by atoms with van der Waals surface area (Å²) >= 11 is 0. The summed E-state index contributed by atoms with van der Waals surface area (Å²) in [5.74, 6) is 0. The normalized spacial score (nSPS) is 11.7. The van der Waals surface area contributed by atoms with Crippen LogP contribution < -0.4 is 9.80 Å². The SMILES string of the molecule is CCCC(C)(CCC)c1ccc(N(c2ccccc2)c2ccc(-c3ccc(N(c4ccccc4)c4ccc(C(C)(CC)CC)cc4)cc3)cc2)cc1. The summed E-state index contributed by atoms with van der Waals surface area (Å²) < 4.78 is 0. The van der Waals surface area contributed by atoms with Gasteiger partial charge in [0.05, 0.1) is 0 Å². The number of benzene rings is 6. The van der Waals surface area contributed by atoms with Crippen LogP contribution in [-0.4, -0.2) is 0 Å². The number of para-hydroxylation sites is 2. The molecule has 0 spiro atoms. The molecule has 0 saturated carbocycles. The highest BCUT2D eigenvalue weighted by molar-refractivity contribution is 5.80. The van der Waals surface area contributed by atoms with Crippen molar-refractivity contribution in [3.8, 4) is 11.1 Å². The fourth-order valence-corrected chi connectivity index (χ4v) is 7.86. The summed E-state index contributed by atoms with van der Waals surface area (Å²) in [7, 11) is 0. The second-order valence-electron chi connectivity index (χ2n) is 14.9. The van der Waals surface area contributed by atoms with Gasteiger partial charge in [0, 0.05) is 34.1 Å². The second kappa shape index (κ2) is 16.5. The summed E-state index contributed by atoms with van der Waals surface area (Å²) in [5, 5.41) is 0. The highest BCUT2D eigenvalue weighted by Gasteiger charge is 2.25. The third-order valence-electron chi connectivity index (χ3n) is 11.4. The number of hydrogen-bond donors (Lipinski definition) is 0. The van der Waals surface area contributed by atoms with Crippen molar-refractivity contribution in [3.63, 3.8) is 0 Å². The molecule has 0 amide bonds. The van der Waals surface area contributed by atoms with E-state index in [1.807, 2.05) is 0 Å². The van der Waals surface area contributed by atoms with E-state index in [2.05, 4.69) is 209 Å². The molecule has 0 aliphatic heterocycles. The van der Waals surface area contributed by atoms with Crippen LogP contribution in [0, 0.1) is 0 Å². The van der Waals surface area contributed by atoms with Gasteiger partial charge < -0.3 is 9.80 Å². The van der Waals surface area contributed by atoms with Crippen molar-refractivity contribution in [1.29, 1.82) is 0 Å². The Morgan fingerprint density at radius 1 is 0.346 bits per heavy atom. The molecule has 266 valence electrons. The molecule has 52 heavy (non-hydrogen) atoms. The zero-order chi connectivity index (χ0) is 36.6. The van der Waals surface area contributed by atoms with E-state index in [0.717, 1.165) is 41.3 Å². The second-order valence-corrected chi connectivity index (χ2v) is 14.9. The largest absolute Gasteiger partial charge is 0.311 e. The monoisotopic (exact) mass is 684 g/mol. The molecule has 0 heterocycles. The Kier molecular flexibility index (Phi) is 11.7. The van der Waals surface area contributed by atoms with E-state index in [9.17, 15) is 0 Å². The van der Waals surface area contributed by atoms with E-state index in [-0.39, 0.29) is 10.8 Å². The molecule has 0 bridgehead atoms. The molecule has 0 aliphatic carbocycles. The molecule has 0 saturated heterocycles. The molecule has 0 fully saturated rings. The predicted molar refractivity (Wildman–Crippen MR) is 226 cm³/mol. The summed E-state index contributed by atoms with van der Waals surface area (Å²) in [6.45, 7) is 14.0. The molecule has 2 nitrogen and oxygen atoms in total. The first-order valence-corrected chi connectivity index (χ1v) is 19.4. The van der Waals surface area contributed by atoms with Gasteiger partial charge in [0.2, 0.25) is 0 Å². The minimum atomic E-state index is 0.195. The molecule has 0 aliphatic rings. The van der Waals surface area contributed by atoms with Gasteiger partial charge in [-0.15, -0.1) is 0 Å². The first-order valence-electron chi connectivity index (χ1n) is 19.4. The molecule has 0 N–H and O–H groups in total. The molecule has 0 aromatic heterocycles. The lowest BCUT2D eigenvalue weighted by molar-refractivity contribution is 0.392. The van der Waals surface area contributed by atoms with Gasteiger partial charge in [-0.1, -0.05) is 139 Å². The zero-order valence-electron chi connectivity index (χ0n) is 32.1. The van der Waals surface area contributed by atoms with Crippen molar-refractivity contribution >= 4 is 34.1 Å². The predicted octanol–water partition coefficient (Wildman–Crippen LogP) is 15.2. The molecular weight excluding hydrogens is 629 g/mol. The number of rotatable bonds is 15. The third-order valence-corrected chi connectivity index (χ3v) is 11.4. The van der Waals surface area contributed by atoms with E-state index in [1.165, 1.54) is 53.6 Å². The van der Waals surface area contributed by atoms with Crippen LogP contribution in [0.2, 0.25) is 0 Å². The molecule has 6 aromatic rings. The summed E-state index contributed by atoms with van der Waals surface area (Å²) in [4.78, 5) is 4.71. The third kappa shape index (κ3) is 7.87. The first-order chi connectivity index (χ1) is 25.3. The number of anilines is 6. The molecule has 6 rings (SSSR count). The van der Waals surface area contributed by atoms with Crippen LogP contribution in [0.4, 0.5) is 34.1 Å². The van der Waals surface area contributed by atoms with Crippen molar-refractivity contribution in [2.45, 2.75) is 90.9 Å². The van der Waals surface area contributed by atoms with E-state index < -0.39 is 0 Å². The number of hydrogen-bond acceptors (Lipinski definition) is 2. The van der Waals surface area contributed by atoms with Gasteiger partial charge in [-0.25, -0.2) is 0 Å². The van der Waals surface area contributed by atoms with Crippen LogP contribution in [0.15, 0.2) is 158 Å².